The molecule has 1 aliphatic carbocycles. The van der Waals surface area contributed by atoms with E-state index in [4.69, 9.17) is 10.5 Å². The summed E-state index contributed by atoms with van der Waals surface area (Å²) in [5, 5.41) is 0. The number of rotatable bonds is 1. The van der Waals surface area contributed by atoms with E-state index in [9.17, 15) is 4.79 Å². The van der Waals surface area contributed by atoms with Crippen molar-refractivity contribution in [2.24, 2.45) is 11.7 Å². The SMILES string of the molecule is CC(=O)OC1(N)CCC(C)CC1. The highest BCUT2D eigenvalue weighted by Gasteiger charge is 2.32. The van der Waals surface area contributed by atoms with Crippen LogP contribution in [0.4, 0.5) is 0 Å². The van der Waals surface area contributed by atoms with Gasteiger partial charge in [0.15, 0.2) is 5.72 Å². The van der Waals surface area contributed by atoms with E-state index in [2.05, 4.69) is 6.92 Å². The van der Waals surface area contributed by atoms with Crippen molar-refractivity contribution in [3.05, 3.63) is 0 Å². The van der Waals surface area contributed by atoms with Crippen LogP contribution in [0, 0.1) is 5.92 Å². The monoisotopic (exact) mass is 171 g/mol. The summed E-state index contributed by atoms with van der Waals surface area (Å²) in [5.74, 6) is 0.448. The van der Waals surface area contributed by atoms with Crippen LogP contribution >= 0.6 is 0 Å². The van der Waals surface area contributed by atoms with Crippen LogP contribution in [0.25, 0.3) is 0 Å². The van der Waals surface area contributed by atoms with E-state index in [0.717, 1.165) is 31.6 Å². The lowest BCUT2D eigenvalue weighted by Gasteiger charge is -2.34. The Bertz CT molecular complexity index is 171. The highest BCUT2D eigenvalue weighted by molar-refractivity contribution is 5.66. The van der Waals surface area contributed by atoms with Gasteiger partial charge in [0.05, 0.1) is 0 Å². The summed E-state index contributed by atoms with van der Waals surface area (Å²) in [6, 6.07) is 0. The fraction of sp³-hybridized carbons (Fsp3) is 0.889. The number of hydrogen-bond acceptors (Lipinski definition) is 3. The zero-order chi connectivity index (χ0) is 9.19. The molecule has 1 rings (SSSR count). The van der Waals surface area contributed by atoms with Crippen molar-refractivity contribution < 1.29 is 9.53 Å². The molecule has 0 bridgehead atoms. The highest BCUT2D eigenvalue weighted by atomic mass is 16.6. The van der Waals surface area contributed by atoms with Crippen molar-refractivity contribution in [1.29, 1.82) is 0 Å². The van der Waals surface area contributed by atoms with Gasteiger partial charge in [-0.1, -0.05) is 6.92 Å². The summed E-state index contributed by atoms with van der Waals surface area (Å²) < 4.78 is 5.07. The molecule has 1 saturated carbocycles. The molecule has 0 saturated heterocycles. The van der Waals surface area contributed by atoms with E-state index in [1.54, 1.807) is 0 Å². The highest BCUT2D eigenvalue weighted by Crippen LogP contribution is 2.30. The van der Waals surface area contributed by atoms with Crippen LogP contribution < -0.4 is 5.73 Å². The maximum atomic E-state index is 10.7. The second-order valence-electron chi connectivity index (χ2n) is 3.84. The van der Waals surface area contributed by atoms with Crippen molar-refractivity contribution in [1.82, 2.24) is 0 Å². The summed E-state index contributed by atoms with van der Waals surface area (Å²) in [7, 11) is 0. The first-order chi connectivity index (χ1) is 5.52. The molecule has 0 atom stereocenters. The average molecular weight is 171 g/mol. The average Bonchev–Trinajstić information content (AvgIpc) is 1.94. The van der Waals surface area contributed by atoms with Gasteiger partial charge in [-0.25, -0.2) is 0 Å². The molecule has 1 fully saturated rings. The Kier molecular flexibility index (Phi) is 2.73. The Labute approximate surface area is 73.3 Å². The van der Waals surface area contributed by atoms with Crippen molar-refractivity contribution in [2.75, 3.05) is 0 Å². The fourth-order valence-electron chi connectivity index (χ4n) is 1.64. The predicted molar refractivity (Wildman–Crippen MR) is 46.3 cm³/mol. The van der Waals surface area contributed by atoms with E-state index < -0.39 is 5.72 Å². The van der Waals surface area contributed by atoms with Crippen molar-refractivity contribution in [3.63, 3.8) is 0 Å². The van der Waals surface area contributed by atoms with Gasteiger partial charge in [-0.05, 0) is 18.8 Å². The van der Waals surface area contributed by atoms with Gasteiger partial charge in [-0.3, -0.25) is 10.5 Å². The lowest BCUT2D eigenvalue weighted by atomic mass is 9.85. The van der Waals surface area contributed by atoms with Gasteiger partial charge in [0, 0.05) is 19.8 Å². The third-order valence-corrected chi connectivity index (χ3v) is 2.47. The molecule has 0 amide bonds. The number of esters is 1. The minimum absolute atomic E-state index is 0.271. The molecule has 0 aromatic carbocycles. The quantitative estimate of drug-likeness (QED) is 0.479. The predicted octanol–water partition coefficient (Wildman–Crippen LogP) is 1.41. The molecule has 70 valence electrons. The lowest BCUT2D eigenvalue weighted by molar-refractivity contribution is -0.160. The minimum Gasteiger partial charge on any atom is -0.444 e. The largest absolute Gasteiger partial charge is 0.444 e. The van der Waals surface area contributed by atoms with Crippen LogP contribution in [-0.4, -0.2) is 11.7 Å². The summed E-state index contributed by atoms with van der Waals surface area (Å²) in [5.41, 5.74) is 5.21. The maximum absolute atomic E-state index is 10.7. The van der Waals surface area contributed by atoms with Crippen LogP contribution in [-0.2, 0) is 9.53 Å². The van der Waals surface area contributed by atoms with Crippen molar-refractivity contribution >= 4 is 5.97 Å². The molecule has 0 aromatic heterocycles. The van der Waals surface area contributed by atoms with Gasteiger partial charge < -0.3 is 4.74 Å². The molecule has 0 heterocycles. The summed E-state index contributed by atoms with van der Waals surface area (Å²) in [6.07, 6.45) is 3.72. The second kappa shape index (κ2) is 3.44. The van der Waals surface area contributed by atoms with E-state index in [1.807, 2.05) is 0 Å². The van der Waals surface area contributed by atoms with Gasteiger partial charge in [0.1, 0.15) is 0 Å². The first-order valence-corrected chi connectivity index (χ1v) is 4.50. The zero-order valence-electron chi connectivity index (χ0n) is 7.80. The topological polar surface area (TPSA) is 52.3 Å². The van der Waals surface area contributed by atoms with Crippen molar-refractivity contribution in [3.8, 4) is 0 Å². The van der Waals surface area contributed by atoms with E-state index >= 15 is 0 Å². The Morgan fingerprint density at radius 2 is 2.00 bits per heavy atom. The molecule has 12 heavy (non-hydrogen) atoms. The van der Waals surface area contributed by atoms with E-state index in [0.29, 0.717) is 0 Å². The summed E-state index contributed by atoms with van der Waals surface area (Å²) >= 11 is 0. The summed E-state index contributed by atoms with van der Waals surface area (Å²) in [4.78, 5) is 10.7. The normalized spacial score (nSPS) is 36.1. The molecule has 0 aromatic rings. The smallest absolute Gasteiger partial charge is 0.304 e. The van der Waals surface area contributed by atoms with Gasteiger partial charge >= 0.3 is 5.97 Å². The summed E-state index contributed by atoms with van der Waals surface area (Å²) in [6.45, 7) is 3.61. The first-order valence-electron chi connectivity index (χ1n) is 4.50. The lowest BCUT2D eigenvalue weighted by Crippen LogP contribution is -2.46. The van der Waals surface area contributed by atoms with Gasteiger partial charge in [-0.2, -0.15) is 0 Å². The number of hydrogen-bond donors (Lipinski definition) is 1. The molecule has 0 aliphatic heterocycles. The number of carbonyl (C=O) groups is 1. The first kappa shape index (κ1) is 9.52. The standard InChI is InChI=1S/C9H17NO2/c1-7-3-5-9(10,6-4-7)12-8(2)11/h7H,3-6,10H2,1-2H3. The Morgan fingerprint density at radius 3 is 2.42 bits per heavy atom. The third-order valence-electron chi connectivity index (χ3n) is 2.47. The van der Waals surface area contributed by atoms with Gasteiger partial charge in [0.25, 0.3) is 0 Å². The maximum Gasteiger partial charge on any atom is 0.304 e. The number of ether oxygens (including phenoxy) is 1. The van der Waals surface area contributed by atoms with Crippen LogP contribution in [0.3, 0.4) is 0 Å². The molecule has 0 radical (unpaired) electrons. The zero-order valence-corrected chi connectivity index (χ0v) is 7.80. The molecule has 0 unspecified atom stereocenters. The molecule has 1 aliphatic rings. The Morgan fingerprint density at radius 1 is 1.50 bits per heavy atom. The van der Waals surface area contributed by atoms with Crippen molar-refractivity contribution in [2.45, 2.75) is 45.3 Å². The minimum atomic E-state index is -0.668. The number of carbonyl (C=O) groups excluding carboxylic acids is 1. The van der Waals surface area contributed by atoms with Crippen LogP contribution in [0.1, 0.15) is 39.5 Å². The number of nitrogens with two attached hydrogens (primary N) is 1. The second-order valence-corrected chi connectivity index (χ2v) is 3.84. The third kappa shape index (κ3) is 2.48. The van der Waals surface area contributed by atoms with Crippen LogP contribution in [0.2, 0.25) is 0 Å². The molecule has 3 nitrogen and oxygen atoms in total. The molecule has 2 N–H and O–H groups in total. The molecular weight excluding hydrogens is 154 g/mol. The Hall–Kier alpha value is -0.570. The van der Waals surface area contributed by atoms with Crippen LogP contribution in [0.15, 0.2) is 0 Å². The van der Waals surface area contributed by atoms with Gasteiger partial charge in [0.2, 0.25) is 0 Å². The van der Waals surface area contributed by atoms with E-state index in [1.165, 1.54) is 6.92 Å². The van der Waals surface area contributed by atoms with Gasteiger partial charge in [-0.15, -0.1) is 0 Å². The molecular formula is C9H17NO2. The van der Waals surface area contributed by atoms with E-state index in [-0.39, 0.29) is 5.97 Å². The van der Waals surface area contributed by atoms with Crippen LogP contribution in [0.5, 0.6) is 0 Å². The molecule has 3 heteroatoms. The Balaban J connectivity index is 2.44. The fourth-order valence-corrected chi connectivity index (χ4v) is 1.64. The molecule has 0 spiro atoms.